The van der Waals surface area contributed by atoms with E-state index in [2.05, 4.69) is 15.9 Å². The van der Waals surface area contributed by atoms with E-state index in [-0.39, 0.29) is 6.61 Å². The molecule has 1 N–H and O–H groups in total. The predicted molar refractivity (Wildman–Crippen MR) is 100 cm³/mol. The number of nitrogens with zero attached hydrogens (tertiary/aromatic N) is 1. The molecule has 11 nitrogen and oxygen atoms in total. The van der Waals surface area contributed by atoms with Gasteiger partial charge in [-0.05, 0) is 13.8 Å². The standard InChI is InChI=1S/C17H20BrFN2O9/c1-7(22)28-12-11(18)10(6-27-15(25)17(3,4)30-8(2)23)29-14(12)21-5-9(19)13(24)20-16(21)26/h5,10-12,14H,6H2,1-4H3,(H,20,24,26). The first kappa shape index (κ1) is 23.7. The number of H-pyrrole nitrogens is 1. The normalized spacial score (nSPS) is 23.7. The molecule has 4 unspecified atom stereocenters. The van der Waals surface area contributed by atoms with Gasteiger partial charge in [0.2, 0.25) is 11.4 Å². The fourth-order valence-electron chi connectivity index (χ4n) is 2.75. The predicted octanol–water partition coefficient (Wildman–Crippen LogP) is 0.153. The Hall–Kier alpha value is -2.54. The third kappa shape index (κ3) is 5.33. The maximum atomic E-state index is 13.7. The molecule has 1 fully saturated rings. The molecule has 2 heterocycles. The Bertz CT molecular complexity index is 957. The number of halogens is 2. The zero-order chi connectivity index (χ0) is 22.8. The summed E-state index contributed by atoms with van der Waals surface area (Å²) in [6.45, 7) is 4.57. The summed E-state index contributed by atoms with van der Waals surface area (Å²) in [4.78, 5) is 59.2. The van der Waals surface area contributed by atoms with Crippen molar-refractivity contribution in [2.24, 2.45) is 0 Å². The number of rotatable bonds is 6. The fraction of sp³-hybridized carbons (Fsp3) is 0.588. The summed E-state index contributed by atoms with van der Waals surface area (Å²) in [5.41, 5.74) is -3.76. The van der Waals surface area contributed by atoms with E-state index in [1.54, 1.807) is 4.98 Å². The van der Waals surface area contributed by atoms with E-state index in [0.29, 0.717) is 6.20 Å². The van der Waals surface area contributed by atoms with Gasteiger partial charge in [0.1, 0.15) is 12.7 Å². The molecule has 166 valence electrons. The number of alkyl halides is 1. The average Bonchev–Trinajstić information content (AvgIpc) is 2.90. The lowest BCUT2D eigenvalue weighted by atomic mass is 10.1. The number of ether oxygens (including phenoxy) is 4. The molecule has 1 saturated heterocycles. The van der Waals surface area contributed by atoms with Crippen LogP contribution in [0.3, 0.4) is 0 Å². The number of esters is 3. The minimum Gasteiger partial charge on any atom is -0.460 e. The molecule has 0 aromatic carbocycles. The monoisotopic (exact) mass is 494 g/mol. The Balaban J connectivity index is 2.24. The van der Waals surface area contributed by atoms with Crippen molar-refractivity contribution in [1.29, 1.82) is 0 Å². The summed E-state index contributed by atoms with van der Waals surface area (Å²) in [5, 5.41) is 0. The van der Waals surface area contributed by atoms with Crippen molar-refractivity contribution in [3.63, 3.8) is 0 Å². The molecule has 0 aliphatic carbocycles. The Kier molecular flexibility index (Phi) is 7.18. The van der Waals surface area contributed by atoms with Crippen molar-refractivity contribution in [2.45, 2.75) is 56.6 Å². The third-order valence-electron chi connectivity index (χ3n) is 4.03. The van der Waals surface area contributed by atoms with Gasteiger partial charge in [0.05, 0.1) is 11.0 Å². The lowest BCUT2D eigenvalue weighted by Crippen LogP contribution is -2.40. The van der Waals surface area contributed by atoms with Crippen LogP contribution in [0.25, 0.3) is 0 Å². The Morgan fingerprint density at radius 3 is 2.47 bits per heavy atom. The van der Waals surface area contributed by atoms with Crippen molar-refractivity contribution in [3.05, 3.63) is 32.9 Å². The number of aromatic nitrogens is 2. The number of aromatic amines is 1. The molecule has 2 rings (SSSR count). The second kappa shape index (κ2) is 9.08. The molecular weight excluding hydrogens is 475 g/mol. The first-order valence-electron chi connectivity index (χ1n) is 8.68. The van der Waals surface area contributed by atoms with E-state index in [1.807, 2.05) is 0 Å². The molecule has 0 amide bonds. The van der Waals surface area contributed by atoms with Crippen LogP contribution in [0.2, 0.25) is 0 Å². The van der Waals surface area contributed by atoms with Gasteiger partial charge < -0.3 is 18.9 Å². The highest BCUT2D eigenvalue weighted by atomic mass is 79.9. The second-order valence-corrected chi connectivity index (χ2v) is 7.99. The van der Waals surface area contributed by atoms with Crippen LogP contribution in [0.15, 0.2) is 15.8 Å². The van der Waals surface area contributed by atoms with Crippen molar-refractivity contribution in [3.8, 4) is 0 Å². The summed E-state index contributed by atoms with van der Waals surface area (Å²) in [7, 11) is 0. The SMILES string of the molecule is CC(=O)OC1C(Br)C(COC(=O)C(C)(C)OC(C)=O)OC1n1cc(F)c(=O)[nH]c1=O. The second-order valence-electron chi connectivity index (χ2n) is 6.93. The van der Waals surface area contributed by atoms with Crippen LogP contribution in [0, 0.1) is 5.82 Å². The number of hydrogen-bond acceptors (Lipinski definition) is 9. The van der Waals surface area contributed by atoms with E-state index in [4.69, 9.17) is 18.9 Å². The number of carbonyl (C=O) groups excluding carboxylic acids is 3. The highest BCUT2D eigenvalue weighted by Gasteiger charge is 2.48. The molecule has 0 spiro atoms. The van der Waals surface area contributed by atoms with E-state index >= 15 is 0 Å². The minimum absolute atomic E-state index is 0.367. The highest BCUT2D eigenvalue weighted by molar-refractivity contribution is 9.09. The lowest BCUT2D eigenvalue weighted by molar-refractivity contribution is -0.180. The summed E-state index contributed by atoms with van der Waals surface area (Å²) >= 11 is 3.28. The van der Waals surface area contributed by atoms with Crippen molar-refractivity contribution < 1.29 is 37.7 Å². The largest absolute Gasteiger partial charge is 0.460 e. The van der Waals surface area contributed by atoms with Crippen molar-refractivity contribution >= 4 is 33.8 Å². The Labute approximate surface area is 177 Å². The molecule has 1 aromatic heterocycles. The van der Waals surface area contributed by atoms with Gasteiger partial charge in [0.25, 0.3) is 5.56 Å². The number of nitrogens with one attached hydrogen (secondary N) is 1. The smallest absolute Gasteiger partial charge is 0.350 e. The molecular formula is C17H20BrFN2O9. The average molecular weight is 495 g/mol. The molecule has 30 heavy (non-hydrogen) atoms. The summed E-state index contributed by atoms with van der Waals surface area (Å²) < 4.78 is 35.3. The maximum absolute atomic E-state index is 13.7. The van der Waals surface area contributed by atoms with Crippen LogP contribution in [0.1, 0.15) is 33.9 Å². The van der Waals surface area contributed by atoms with E-state index in [1.165, 1.54) is 13.8 Å². The first-order valence-corrected chi connectivity index (χ1v) is 9.59. The van der Waals surface area contributed by atoms with Gasteiger partial charge >= 0.3 is 23.6 Å². The van der Waals surface area contributed by atoms with E-state index in [0.717, 1.165) is 18.4 Å². The molecule has 0 saturated carbocycles. The minimum atomic E-state index is -1.56. The van der Waals surface area contributed by atoms with Crippen molar-refractivity contribution in [1.82, 2.24) is 9.55 Å². The van der Waals surface area contributed by atoms with Crippen LogP contribution in [-0.2, 0) is 33.3 Å². The number of hydrogen-bond donors (Lipinski definition) is 1. The summed E-state index contributed by atoms with van der Waals surface area (Å²) in [6, 6.07) is 0. The molecule has 13 heteroatoms. The first-order chi connectivity index (χ1) is 13.8. The molecule has 1 aliphatic heterocycles. The highest BCUT2D eigenvalue weighted by Crippen LogP contribution is 2.36. The van der Waals surface area contributed by atoms with Gasteiger partial charge in [-0.1, -0.05) is 15.9 Å². The molecule has 4 atom stereocenters. The van der Waals surface area contributed by atoms with E-state index < -0.39 is 63.8 Å². The summed E-state index contributed by atoms with van der Waals surface area (Å²) in [5.74, 6) is -3.49. The Morgan fingerprint density at radius 2 is 1.90 bits per heavy atom. The molecule has 1 aliphatic rings. The van der Waals surface area contributed by atoms with Gasteiger partial charge in [-0.25, -0.2) is 9.59 Å². The molecule has 1 aromatic rings. The lowest BCUT2D eigenvalue weighted by Gasteiger charge is -2.23. The van der Waals surface area contributed by atoms with Gasteiger partial charge in [-0.15, -0.1) is 0 Å². The third-order valence-corrected chi connectivity index (χ3v) is 5.14. The van der Waals surface area contributed by atoms with E-state index in [9.17, 15) is 28.4 Å². The van der Waals surface area contributed by atoms with Gasteiger partial charge in [-0.2, -0.15) is 4.39 Å². The number of carbonyl (C=O) groups is 3. The summed E-state index contributed by atoms with van der Waals surface area (Å²) in [6.07, 6.45) is -2.74. The fourth-order valence-corrected chi connectivity index (χ4v) is 3.40. The van der Waals surface area contributed by atoms with Gasteiger partial charge in [0.15, 0.2) is 12.3 Å². The van der Waals surface area contributed by atoms with Gasteiger partial charge in [-0.3, -0.25) is 23.9 Å². The van der Waals surface area contributed by atoms with Crippen molar-refractivity contribution in [2.75, 3.05) is 6.61 Å². The zero-order valence-corrected chi connectivity index (χ0v) is 18.1. The molecule has 0 radical (unpaired) electrons. The van der Waals surface area contributed by atoms with Crippen LogP contribution < -0.4 is 11.2 Å². The van der Waals surface area contributed by atoms with Crippen LogP contribution in [0.5, 0.6) is 0 Å². The molecule has 0 bridgehead atoms. The van der Waals surface area contributed by atoms with Crippen LogP contribution in [0.4, 0.5) is 4.39 Å². The van der Waals surface area contributed by atoms with Crippen LogP contribution >= 0.6 is 15.9 Å². The Morgan fingerprint density at radius 1 is 1.27 bits per heavy atom. The zero-order valence-electron chi connectivity index (χ0n) is 16.5. The van der Waals surface area contributed by atoms with Gasteiger partial charge in [0, 0.05) is 13.8 Å². The quantitative estimate of drug-likeness (QED) is 0.332. The topological polar surface area (TPSA) is 143 Å². The van der Waals surface area contributed by atoms with Crippen LogP contribution in [-0.4, -0.2) is 56.7 Å². The maximum Gasteiger partial charge on any atom is 0.350 e.